The topological polar surface area (TPSA) is 15.3 Å². The number of anilines is 1. The minimum Gasteiger partial charge on any atom is -0.369 e. The summed E-state index contributed by atoms with van der Waals surface area (Å²) in [6.07, 6.45) is 4.92. The van der Waals surface area contributed by atoms with E-state index in [9.17, 15) is 4.39 Å². The molecular formula is C16H25FN2. The summed E-state index contributed by atoms with van der Waals surface area (Å²) in [5.41, 5.74) is 1.75. The number of nitrogens with zero attached hydrogens (tertiary/aromatic N) is 1. The average molecular weight is 264 g/mol. The Morgan fingerprint density at radius 2 is 2.00 bits per heavy atom. The van der Waals surface area contributed by atoms with Crippen LogP contribution in [0.2, 0.25) is 0 Å². The quantitative estimate of drug-likeness (QED) is 0.872. The van der Waals surface area contributed by atoms with Gasteiger partial charge in [-0.2, -0.15) is 0 Å². The Kier molecular flexibility index (Phi) is 4.81. The van der Waals surface area contributed by atoms with E-state index in [0.29, 0.717) is 12.1 Å². The van der Waals surface area contributed by atoms with Crippen LogP contribution in [-0.4, -0.2) is 19.1 Å². The summed E-state index contributed by atoms with van der Waals surface area (Å²) >= 11 is 0. The monoisotopic (exact) mass is 264 g/mol. The maximum absolute atomic E-state index is 14.2. The highest BCUT2D eigenvalue weighted by Crippen LogP contribution is 2.29. The number of nitrogens with one attached hydrogen (secondary N) is 1. The molecule has 0 aliphatic heterocycles. The van der Waals surface area contributed by atoms with Crippen molar-refractivity contribution in [3.63, 3.8) is 0 Å². The van der Waals surface area contributed by atoms with Gasteiger partial charge in [0, 0.05) is 25.7 Å². The molecule has 1 aromatic carbocycles. The van der Waals surface area contributed by atoms with Gasteiger partial charge in [0.1, 0.15) is 5.82 Å². The molecular weight excluding hydrogens is 239 g/mol. The van der Waals surface area contributed by atoms with E-state index in [4.69, 9.17) is 0 Å². The number of halogens is 1. The first kappa shape index (κ1) is 14.3. The van der Waals surface area contributed by atoms with Crippen molar-refractivity contribution in [3.8, 4) is 0 Å². The van der Waals surface area contributed by atoms with Gasteiger partial charge in [-0.3, -0.25) is 0 Å². The van der Waals surface area contributed by atoms with Crippen LogP contribution >= 0.6 is 0 Å². The van der Waals surface area contributed by atoms with Crippen molar-refractivity contribution in [2.45, 2.75) is 58.2 Å². The first-order valence-corrected chi connectivity index (χ1v) is 7.32. The predicted molar refractivity (Wildman–Crippen MR) is 79.0 cm³/mol. The Labute approximate surface area is 116 Å². The van der Waals surface area contributed by atoms with E-state index in [1.54, 1.807) is 6.07 Å². The third-order valence-corrected chi connectivity index (χ3v) is 3.98. The number of hydrogen-bond acceptors (Lipinski definition) is 2. The molecule has 0 unspecified atom stereocenters. The Hall–Kier alpha value is -1.09. The fraction of sp³-hybridized carbons (Fsp3) is 0.625. The number of benzene rings is 1. The normalized spacial score (nSPS) is 16.3. The molecule has 0 atom stereocenters. The summed E-state index contributed by atoms with van der Waals surface area (Å²) in [6, 6.07) is 6.54. The molecule has 1 aliphatic carbocycles. The highest BCUT2D eigenvalue weighted by atomic mass is 19.1. The van der Waals surface area contributed by atoms with Gasteiger partial charge >= 0.3 is 0 Å². The number of rotatable bonds is 5. The van der Waals surface area contributed by atoms with Gasteiger partial charge in [0.25, 0.3) is 0 Å². The summed E-state index contributed by atoms with van der Waals surface area (Å²) in [5, 5.41) is 3.31. The summed E-state index contributed by atoms with van der Waals surface area (Å²) in [4.78, 5) is 2.11. The lowest BCUT2D eigenvalue weighted by atomic mass is 10.1. The lowest BCUT2D eigenvalue weighted by Gasteiger charge is -2.27. The maximum atomic E-state index is 14.2. The second-order valence-electron chi connectivity index (χ2n) is 5.87. The summed E-state index contributed by atoms with van der Waals surface area (Å²) in [6.45, 7) is 4.92. The van der Waals surface area contributed by atoms with Crippen LogP contribution in [-0.2, 0) is 6.54 Å². The first-order valence-electron chi connectivity index (χ1n) is 7.32. The van der Waals surface area contributed by atoms with Gasteiger partial charge < -0.3 is 10.2 Å². The lowest BCUT2D eigenvalue weighted by Crippen LogP contribution is -2.29. The van der Waals surface area contributed by atoms with Crippen LogP contribution in [0.3, 0.4) is 0 Å². The van der Waals surface area contributed by atoms with E-state index in [0.717, 1.165) is 17.8 Å². The van der Waals surface area contributed by atoms with Crippen LogP contribution in [0.5, 0.6) is 0 Å². The predicted octanol–water partition coefficient (Wildman–Crippen LogP) is 3.70. The van der Waals surface area contributed by atoms with Crippen LogP contribution in [0.1, 0.15) is 45.1 Å². The SMILES string of the molecule is CC(C)NCc1ccc(N(C)C2CCCC2)c(F)c1. The maximum Gasteiger partial charge on any atom is 0.146 e. The Morgan fingerprint density at radius 1 is 1.32 bits per heavy atom. The lowest BCUT2D eigenvalue weighted by molar-refractivity contribution is 0.575. The number of hydrogen-bond donors (Lipinski definition) is 1. The van der Waals surface area contributed by atoms with Crippen molar-refractivity contribution < 1.29 is 4.39 Å². The molecule has 2 rings (SSSR count). The molecule has 1 saturated carbocycles. The molecule has 0 saturated heterocycles. The minimum atomic E-state index is -0.0996. The highest BCUT2D eigenvalue weighted by molar-refractivity contribution is 5.49. The van der Waals surface area contributed by atoms with Crippen molar-refractivity contribution >= 4 is 5.69 Å². The van der Waals surface area contributed by atoms with Gasteiger partial charge in [-0.1, -0.05) is 32.8 Å². The summed E-state index contributed by atoms with van der Waals surface area (Å²) in [5.74, 6) is -0.0996. The van der Waals surface area contributed by atoms with E-state index in [-0.39, 0.29) is 5.82 Å². The Balaban J connectivity index is 2.05. The van der Waals surface area contributed by atoms with Gasteiger partial charge in [-0.15, -0.1) is 0 Å². The van der Waals surface area contributed by atoms with Gasteiger partial charge in [-0.05, 0) is 30.5 Å². The smallest absolute Gasteiger partial charge is 0.146 e. The summed E-state index contributed by atoms with van der Waals surface area (Å²) < 4.78 is 14.2. The van der Waals surface area contributed by atoms with Crippen LogP contribution < -0.4 is 10.2 Å². The third-order valence-electron chi connectivity index (χ3n) is 3.98. The van der Waals surface area contributed by atoms with E-state index in [2.05, 4.69) is 24.1 Å². The molecule has 0 aromatic heterocycles. The molecule has 0 bridgehead atoms. The van der Waals surface area contributed by atoms with Gasteiger partial charge in [-0.25, -0.2) is 4.39 Å². The zero-order valence-corrected chi connectivity index (χ0v) is 12.2. The molecule has 1 N–H and O–H groups in total. The van der Waals surface area contributed by atoms with Gasteiger partial charge in [0.05, 0.1) is 5.69 Å². The first-order chi connectivity index (χ1) is 9.08. The summed E-state index contributed by atoms with van der Waals surface area (Å²) in [7, 11) is 2.01. The fourth-order valence-electron chi connectivity index (χ4n) is 2.76. The molecule has 106 valence electrons. The van der Waals surface area contributed by atoms with E-state index in [1.165, 1.54) is 25.7 Å². The van der Waals surface area contributed by atoms with Gasteiger partial charge in [0.15, 0.2) is 0 Å². The Morgan fingerprint density at radius 3 is 2.58 bits per heavy atom. The Bertz CT molecular complexity index is 411. The zero-order valence-electron chi connectivity index (χ0n) is 12.2. The molecule has 0 heterocycles. The molecule has 3 heteroatoms. The molecule has 1 aliphatic rings. The van der Waals surface area contributed by atoms with Crippen LogP contribution in [0.4, 0.5) is 10.1 Å². The van der Waals surface area contributed by atoms with E-state index < -0.39 is 0 Å². The third kappa shape index (κ3) is 3.69. The van der Waals surface area contributed by atoms with Crippen molar-refractivity contribution in [1.82, 2.24) is 5.32 Å². The molecule has 0 radical (unpaired) electrons. The van der Waals surface area contributed by atoms with Gasteiger partial charge in [0.2, 0.25) is 0 Å². The van der Waals surface area contributed by atoms with Crippen molar-refractivity contribution in [3.05, 3.63) is 29.6 Å². The van der Waals surface area contributed by atoms with Crippen molar-refractivity contribution in [1.29, 1.82) is 0 Å². The second kappa shape index (κ2) is 6.38. The molecule has 19 heavy (non-hydrogen) atoms. The largest absolute Gasteiger partial charge is 0.369 e. The van der Waals surface area contributed by atoms with E-state index in [1.807, 2.05) is 19.2 Å². The highest BCUT2D eigenvalue weighted by Gasteiger charge is 2.21. The molecule has 2 nitrogen and oxygen atoms in total. The fourth-order valence-corrected chi connectivity index (χ4v) is 2.76. The van der Waals surface area contributed by atoms with Crippen LogP contribution in [0, 0.1) is 5.82 Å². The average Bonchev–Trinajstić information content (AvgIpc) is 2.89. The van der Waals surface area contributed by atoms with Crippen LogP contribution in [0.25, 0.3) is 0 Å². The second-order valence-corrected chi connectivity index (χ2v) is 5.87. The molecule has 1 aromatic rings. The van der Waals surface area contributed by atoms with E-state index >= 15 is 0 Å². The zero-order chi connectivity index (χ0) is 13.8. The molecule has 1 fully saturated rings. The van der Waals surface area contributed by atoms with Crippen molar-refractivity contribution in [2.75, 3.05) is 11.9 Å². The van der Waals surface area contributed by atoms with Crippen molar-refractivity contribution in [2.24, 2.45) is 0 Å². The minimum absolute atomic E-state index is 0.0996. The van der Waals surface area contributed by atoms with Crippen LogP contribution in [0.15, 0.2) is 18.2 Å². The molecule has 0 spiro atoms. The standard InChI is InChI=1S/C16H25FN2/c1-12(2)18-11-13-8-9-16(15(17)10-13)19(3)14-6-4-5-7-14/h8-10,12,14,18H,4-7,11H2,1-3H3. The molecule has 0 amide bonds.